The van der Waals surface area contributed by atoms with Crippen molar-refractivity contribution in [2.24, 2.45) is 0 Å². The largest absolute Gasteiger partial charge is 0.573 e. The zero-order valence-electron chi connectivity index (χ0n) is 9.80. The molecule has 20 heavy (non-hydrogen) atoms. The molecule has 0 saturated heterocycles. The molecule has 0 atom stereocenters. The third-order valence-electron chi connectivity index (χ3n) is 2.09. The van der Waals surface area contributed by atoms with Crippen LogP contribution >= 0.6 is 11.6 Å². The summed E-state index contributed by atoms with van der Waals surface area (Å²) in [4.78, 5) is 14.7. The molecule has 0 saturated carbocycles. The van der Waals surface area contributed by atoms with Crippen LogP contribution in [0.4, 0.5) is 22.0 Å². The van der Waals surface area contributed by atoms with Gasteiger partial charge in [0, 0.05) is 11.8 Å². The molecule has 0 spiro atoms. The van der Waals surface area contributed by atoms with Gasteiger partial charge in [0.2, 0.25) is 0 Å². The smallest absolute Gasteiger partial charge is 0.465 e. The van der Waals surface area contributed by atoms with E-state index in [2.05, 4.69) is 14.5 Å². The fourth-order valence-corrected chi connectivity index (χ4v) is 1.53. The molecule has 0 N–H and O–H groups in total. The van der Waals surface area contributed by atoms with Crippen molar-refractivity contribution in [3.63, 3.8) is 0 Å². The first-order valence-electron chi connectivity index (χ1n) is 4.91. The Morgan fingerprint density at radius 3 is 2.45 bits per heavy atom. The summed E-state index contributed by atoms with van der Waals surface area (Å²) in [5.74, 6) is -3.09. The van der Waals surface area contributed by atoms with Crippen LogP contribution in [0.1, 0.15) is 28.0 Å². The highest BCUT2D eigenvalue weighted by Crippen LogP contribution is 2.35. The first-order valence-corrected chi connectivity index (χ1v) is 5.44. The second-order valence-corrected chi connectivity index (χ2v) is 3.61. The van der Waals surface area contributed by atoms with E-state index in [1.54, 1.807) is 0 Å². The lowest BCUT2D eigenvalue weighted by atomic mass is 10.1. The van der Waals surface area contributed by atoms with E-state index >= 15 is 0 Å². The number of methoxy groups -OCH3 is 1. The second kappa shape index (κ2) is 6.21. The number of esters is 1. The van der Waals surface area contributed by atoms with E-state index in [1.807, 2.05) is 0 Å². The van der Waals surface area contributed by atoms with Crippen LogP contribution in [0.15, 0.2) is 6.20 Å². The molecular formula is C10H7ClF5NO3. The fraction of sp³-hybridized carbons (Fsp3) is 0.400. The summed E-state index contributed by atoms with van der Waals surface area (Å²) in [5.41, 5.74) is -2.64. The Morgan fingerprint density at radius 1 is 1.45 bits per heavy atom. The molecule has 0 amide bonds. The molecule has 0 bridgehead atoms. The van der Waals surface area contributed by atoms with Gasteiger partial charge < -0.3 is 9.47 Å². The van der Waals surface area contributed by atoms with Gasteiger partial charge >= 0.3 is 12.3 Å². The molecular weight excluding hydrogens is 313 g/mol. The molecule has 112 valence electrons. The Kier molecular flexibility index (Phi) is 5.09. The number of ether oxygens (including phenoxy) is 2. The quantitative estimate of drug-likeness (QED) is 0.484. The standard InChI is InChI=1S/C10H7ClF5NO3/c1-19-9(18)5-6(8(12)13)17-3-4(2-11)7(5)20-10(14,15)16/h3,8H,2H2,1H3. The van der Waals surface area contributed by atoms with Crippen LogP contribution in [0, 0.1) is 0 Å². The summed E-state index contributed by atoms with van der Waals surface area (Å²) >= 11 is 5.39. The maximum atomic E-state index is 12.7. The minimum absolute atomic E-state index is 0.367. The number of aromatic nitrogens is 1. The molecule has 1 aromatic heterocycles. The first kappa shape index (κ1) is 16.4. The molecule has 0 fully saturated rings. The highest BCUT2D eigenvalue weighted by atomic mass is 35.5. The topological polar surface area (TPSA) is 48.4 Å². The zero-order valence-corrected chi connectivity index (χ0v) is 10.6. The lowest BCUT2D eigenvalue weighted by Crippen LogP contribution is -2.22. The van der Waals surface area contributed by atoms with Crippen molar-refractivity contribution < 1.29 is 36.2 Å². The molecule has 0 aromatic carbocycles. The van der Waals surface area contributed by atoms with Crippen LogP contribution in [0.2, 0.25) is 0 Å². The molecule has 10 heteroatoms. The number of alkyl halides is 6. The molecule has 0 unspecified atom stereocenters. The second-order valence-electron chi connectivity index (χ2n) is 3.35. The molecule has 1 aromatic rings. The third kappa shape index (κ3) is 3.69. The van der Waals surface area contributed by atoms with Gasteiger partial charge in [-0.3, -0.25) is 4.98 Å². The van der Waals surface area contributed by atoms with Crippen LogP contribution < -0.4 is 4.74 Å². The van der Waals surface area contributed by atoms with Crippen molar-refractivity contribution in [1.29, 1.82) is 0 Å². The predicted octanol–water partition coefficient (Wildman–Crippen LogP) is 3.44. The molecule has 0 radical (unpaired) electrons. The summed E-state index contributed by atoms with van der Waals surface area (Å²) in [6, 6.07) is 0. The summed E-state index contributed by atoms with van der Waals surface area (Å²) < 4.78 is 70.2. The number of hydrogen-bond acceptors (Lipinski definition) is 4. The average Bonchev–Trinajstić information content (AvgIpc) is 2.35. The highest BCUT2D eigenvalue weighted by Gasteiger charge is 2.37. The predicted molar refractivity (Wildman–Crippen MR) is 56.8 cm³/mol. The van der Waals surface area contributed by atoms with E-state index < -0.39 is 41.6 Å². The van der Waals surface area contributed by atoms with Crippen molar-refractivity contribution in [3.05, 3.63) is 23.0 Å². The molecule has 1 rings (SSSR count). The monoisotopic (exact) mass is 319 g/mol. The van der Waals surface area contributed by atoms with Crippen molar-refractivity contribution >= 4 is 17.6 Å². The van der Waals surface area contributed by atoms with E-state index in [9.17, 15) is 26.7 Å². The van der Waals surface area contributed by atoms with E-state index in [1.165, 1.54) is 0 Å². The maximum Gasteiger partial charge on any atom is 0.573 e. The molecule has 4 nitrogen and oxygen atoms in total. The SMILES string of the molecule is COC(=O)c1c(C(F)F)ncc(CCl)c1OC(F)(F)F. The third-order valence-corrected chi connectivity index (χ3v) is 2.38. The summed E-state index contributed by atoms with van der Waals surface area (Å²) in [5, 5.41) is 0. The Hall–Kier alpha value is -1.64. The fourth-order valence-electron chi connectivity index (χ4n) is 1.34. The Bertz CT molecular complexity index is 506. The van der Waals surface area contributed by atoms with E-state index in [4.69, 9.17) is 11.6 Å². The van der Waals surface area contributed by atoms with Crippen LogP contribution in [-0.2, 0) is 10.6 Å². The normalized spacial score (nSPS) is 11.6. The van der Waals surface area contributed by atoms with Gasteiger partial charge in [0.05, 0.1) is 13.0 Å². The zero-order chi connectivity index (χ0) is 15.5. The number of nitrogens with zero attached hydrogens (tertiary/aromatic N) is 1. The molecule has 0 aliphatic rings. The summed E-state index contributed by atoms with van der Waals surface area (Å²) in [6.07, 6.45) is -7.80. The Balaban J connectivity index is 3.55. The summed E-state index contributed by atoms with van der Waals surface area (Å²) in [6.45, 7) is 0. The van der Waals surface area contributed by atoms with Gasteiger partial charge in [-0.2, -0.15) is 0 Å². The number of hydrogen-bond donors (Lipinski definition) is 0. The van der Waals surface area contributed by atoms with Crippen molar-refractivity contribution in [3.8, 4) is 5.75 Å². The van der Waals surface area contributed by atoms with Crippen LogP contribution in [0.25, 0.3) is 0 Å². The van der Waals surface area contributed by atoms with E-state index in [0.29, 0.717) is 6.20 Å². The number of carbonyl (C=O) groups excluding carboxylic acids is 1. The van der Waals surface area contributed by atoms with Gasteiger partial charge in [-0.05, 0) is 0 Å². The van der Waals surface area contributed by atoms with Crippen LogP contribution in [-0.4, -0.2) is 24.4 Å². The molecule has 0 aliphatic heterocycles. The van der Waals surface area contributed by atoms with Crippen LogP contribution in [0.5, 0.6) is 5.75 Å². The van der Waals surface area contributed by atoms with Crippen LogP contribution in [0.3, 0.4) is 0 Å². The Morgan fingerprint density at radius 2 is 2.05 bits per heavy atom. The average molecular weight is 320 g/mol. The summed E-state index contributed by atoms with van der Waals surface area (Å²) in [7, 11) is 0.822. The number of carbonyl (C=O) groups is 1. The van der Waals surface area contributed by atoms with Gasteiger partial charge in [0.15, 0.2) is 5.75 Å². The van der Waals surface area contributed by atoms with Gasteiger partial charge in [0.1, 0.15) is 11.3 Å². The highest BCUT2D eigenvalue weighted by molar-refractivity contribution is 6.17. The van der Waals surface area contributed by atoms with Gasteiger partial charge in [-0.25, -0.2) is 13.6 Å². The van der Waals surface area contributed by atoms with Gasteiger partial charge in [-0.15, -0.1) is 24.8 Å². The first-order chi connectivity index (χ1) is 9.21. The number of halogens is 6. The molecule has 0 aliphatic carbocycles. The maximum absolute atomic E-state index is 12.7. The minimum Gasteiger partial charge on any atom is -0.465 e. The van der Waals surface area contributed by atoms with Gasteiger partial charge in [0.25, 0.3) is 6.43 Å². The van der Waals surface area contributed by atoms with Crippen molar-refractivity contribution in [2.45, 2.75) is 18.7 Å². The Labute approximate surface area is 114 Å². The van der Waals surface area contributed by atoms with E-state index in [-0.39, 0.29) is 5.56 Å². The van der Waals surface area contributed by atoms with Gasteiger partial charge in [-0.1, -0.05) is 0 Å². The van der Waals surface area contributed by atoms with E-state index in [0.717, 1.165) is 7.11 Å². The van der Waals surface area contributed by atoms with Crippen molar-refractivity contribution in [2.75, 3.05) is 7.11 Å². The lowest BCUT2D eigenvalue weighted by molar-refractivity contribution is -0.275. The lowest BCUT2D eigenvalue weighted by Gasteiger charge is -2.17. The van der Waals surface area contributed by atoms with Crippen molar-refractivity contribution in [1.82, 2.24) is 4.98 Å². The number of pyridine rings is 1. The molecule has 1 heterocycles. The minimum atomic E-state index is -5.19. The number of rotatable bonds is 4.